The van der Waals surface area contributed by atoms with E-state index in [1.807, 2.05) is 6.92 Å². The summed E-state index contributed by atoms with van der Waals surface area (Å²) >= 11 is 0. The predicted molar refractivity (Wildman–Crippen MR) is 75.4 cm³/mol. The largest absolute Gasteiger partial charge is 0.444 e. The summed E-state index contributed by atoms with van der Waals surface area (Å²) in [6.07, 6.45) is 4.20. The van der Waals surface area contributed by atoms with Crippen molar-refractivity contribution in [1.29, 1.82) is 0 Å². The topological polar surface area (TPSA) is 80.0 Å². The molecular formula is C14H18N4O2. The second kappa shape index (κ2) is 6.70. The van der Waals surface area contributed by atoms with Crippen LogP contribution in [0.4, 0.5) is 5.82 Å². The highest BCUT2D eigenvalue weighted by Gasteiger charge is 2.08. The van der Waals surface area contributed by atoms with E-state index in [4.69, 9.17) is 4.42 Å². The first-order valence-corrected chi connectivity index (χ1v) is 6.58. The van der Waals surface area contributed by atoms with Crippen LogP contribution in [-0.4, -0.2) is 22.4 Å². The van der Waals surface area contributed by atoms with E-state index >= 15 is 0 Å². The van der Waals surface area contributed by atoms with Crippen LogP contribution >= 0.6 is 0 Å². The molecule has 0 bridgehead atoms. The number of nitrogens with zero attached hydrogens (tertiary/aromatic N) is 2. The van der Waals surface area contributed by atoms with Crippen LogP contribution < -0.4 is 10.6 Å². The number of oxazole rings is 1. The van der Waals surface area contributed by atoms with Crippen LogP contribution in [0.1, 0.15) is 35.4 Å². The Kier molecular flexibility index (Phi) is 4.70. The average Bonchev–Trinajstić information content (AvgIpc) is 2.89. The van der Waals surface area contributed by atoms with Gasteiger partial charge in [-0.3, -0.25) is 4.79 Å². The number of hydrogen-bond donors (Lipinski definition) is 2. The van der Waals surface area contributed by atoms with Gasteiger partial charge in [0.15, 0.2) is 0 Å². The van der Waals surface area contributed by atoms with Crippen molar-refractivity contribution >= 4 is 11.7 Å². The maximum atomic E-state index is 11.9. The number of nitrogens with one attached hydrogen (secondary N) is 2. The van der Waals surface area contributed by atoms with Crippen LogP contribution in [0.15, 0.2) is 28.9 Å². The van der Waals surface area contributed by atoms with Crippen molar-refractivity contribution in [3.05, 3.63) is 41.7 Å². The molecule has 0 saturated carbocycles. The number of pyridine rings is 1. The third-order valence-corrected chi connectivity index (χ3v) is 2.65. The zero-order chi connectivity index (χ0) is 14.4. The highest BCUT2D eigenvalue weighted by atomic mass is 16.4. The average molecular weight is 274 g/mol. The lowest BCUT2D eigenvalue weighted by Crippen LogP contribution is -2.23. The lowest BCUT2D eigenvalue weighted by atomic mass is 10.2. The van der Waals surface area contributed by atoms with Gasteiger partial charge in [0.2, 0.25) is 5.89 Å². The highest BCUT2D eigenvalue weighted by Crippen LogP contribution is 2.06. The molecule has 0 spiro atoms. The molecule has 2 N–H and O–H groups in total. The molecule has 0 aliphatic heterocycles. The van der Waals surface area contributed by atoms with E-state index in [1.54, 1.807) is 24.5 Å². The molecule has 0 atom stereocenters. The number of amides is 1. The SMILES string of the molecule is CCCNc1ccc(C(=O)NCc2ncc(C)o2)cn1. The molecule has 2 aromatic heterocycles. The molecule has 0 radical (unpaired) electrons. The molecule has 2 heterocycles. The molecular weight excluding hydrogens is 256 g/mol. The Bertz CT molecular complexity index is 563. The van der Waals surface area contributed by atoms with E-state index in [0.717, 1.165) is 24.5 Å². The second-order valence-electron chi connectivity index (χ2n) is 4.41. The van der Waals surface area contributed by atoms with E-state index in [2.05, 4.69) is 27.5 Å². The van der Waals surface area contributed by atoms with Crippen LogP contribution in [0.2, 0.25) is 0 Å². The molecule has 106 valence electrons. The first-order valence-electron chi connectivity index (χ1n) is 6.58. The molecule has 0 aliphatic rings. The fraction of sp³-hybridized carbons (Fsp3) is 0.357. The van der Waals surface area contributed by atoms with Gasteiger partial charge in [0.1, 0.15) is 11.6 Å². The summed E-state index contributed by atoms with van der Waals surface area (Å²) in [4.78, 5) is 20.1. The molecule has 0 fully saturated rings. The third kappa shape index (κ3) is 3.81. The Hall–Kier alpha value is -2.37. The van der Waals surface area contributed by atoms with Crippen LogP contribution in [-0.2, 0) is 6.54 Å². The van der Waals surface area contributed by atoms with Crippen molar-refractivity contribution in [2.45, 2.75) is 26.8 Å². The third-order valence-electron chi connectivity index (χ3n) is 2.65. The predicted octanol–water partition coefficient (Wildman–Crippen LogP) is 2.13. The minimum Gasteiger partial charge on any atom is -0.444 e. The number of aryl methyl sites for hydroxylation is 1. The minimum atomic E-state index is -0.199. The Morgan fingerprint density at radius 2 is 2.15 bits per heavy atom. The summed E-state index contributed by atoms with van der Waals surface area (Å²) in [5.74, 6) is 1.79. The second-order valence-corrected chi connectivity index (χ2v) is 4.41. The van der Waals surface area contributed by atoms with Crippen molar-refractivity contribution in [2.24, 2.45) is 0 Å². The van der Waals surface area contributed by atoms with Crippen molar-refractivity contribution in [3.8, 4) is 0 Å². The number of anilines is 1. The Labute approximate surface area is 117 Å². The molecule has 0 aliphatic carbocycles. The fourth-order valence-corrected chi connectivity index (χ4v) is 1.63. The highest BCUT2D eigenvalue weighted by molar-refractivity contribution is 5.93. The first kappa shape index (κ1) is 14.0. The molecule has 6 heteroatoms. The van der Waals surface area contributed by atoms with Gasteiger partial charge in [-0.15, -0.1) is 0 Å². The molecule has 2 aromatic rings. The van der Waals surface area contributed by atoms with Crippen molar-refractivity contribution in [2.75, 3.05) is 11.9 Å². The van der Waals surface area contributed by atoms with E-state index in [9.17, 15) is 4.79 Å². The van der Waals surface area contributed by atoms with Crippen molar-refractivity contribution in [1.82, 2.24) is 15.3 Å². The van der Waals surface area contributed by atoms with Gasteiger partial charge in [-0.1, -0.05) is 6.92 Å². The van der Waals surface area contributed by atoms with Crippen LogP contribution in [0.3, 0.4) is 0 Å². The van der Waals surface area contributed by atoms with Crippen molar-refractivity contribution < 1.29 is 9.21 Å². The summed E-state index contributed by atoms with van der Waals surface area (Å²) in [7, 11) is 0. The zero-order valence-corrected chi connectivity index (χ0v) is 11.6. The van der Waals surface area contributed by atoms with Gasteiger partial charge in [0.25, 0.3) is 5.91 Å². The Morgan fingerprint density at radius 3 is 2.75 bits per heavy atom. The summed E-state index contributed by atoms with van der Waals surface area (Å²) in [6.45, 7) is 5.02. The normalized spacial score (nSPS) is 10.3. The van der Waals surface area contributed by atoms with Gasteiger partial charge in [-0.25, -0.2) is 9.97 Å². The van der Waals surface area contributed by atoms with Crippen molar-refractivity contribution in [3.63, 3.8) is 0 Å². The van der Waals surface area contributed by atoms with Gasteiger partial charge < -0.3 is 15.1 Å². The van der Waals surface area contributed by atoms with Gasteiger partial charge in [0.05, 0.1) is 18.3 Å². The van der Waals surface area contributed by atoms with E-state index < -0.39 is 0 Å². The van der Waals surface area contributed by atoms with Crippen LogP contribution in [0.5, 0.6) is 0 Å². The van der Waals surface area contributed by atoms with Gasteiger partial charge in [-0.05, 0) is 25.5 Å². The molecule has 0 aromatic carbocycles. The first-order chi connectivity index (χ1) is 9.69. The molecule has 0 saturated heterocycles. The van der Waals surface area contributed by atoms with Gasteiger partial charge >= 0.3 is 0 Å². The Morgan fingerprint density at radius 1 is 1.30 bits per heavy atom. The lowest BCUT2D eigenvalue weighted by Gasteiger charge is -2.05. The number of hydrogen-bond acceptors (Lipinski definition) is 5. The number of carbonyl (C=O) groups excluding carboxylic acids is 1. The van der Waals surface area contributed by atoms with Crippen LogP contribution in [0, 0.1) is 6.92 Å². The van der Waals surface area contributed by atoms with E-state index in [1.165, 1.54) is 0 Å². The summed E-state index contributed by atoms with van der Waals surface area (Å²) in [5, 5.41) is 5.89. The number of carbonyl (C=O) groups is 1. The van der Waals surface area contributed by atoms with E-state index in [-0.39, 0.29) is 12.5 Å². The number of aromatic nitrogens is 2. The minimum absolute atomic E-state index is 0.199. The smallest absolute Gasteiger partial charge is 0.253 e. The summed E-state index contributed by atoms with van der Waals surface area (Å²) in [5.41, 5.74) is 0.510. The van der Waals surface area contributed by atoms with Gasteiger partial charge in [0, 0.05) is 12.7 Å². The molecule has 6 nitrogen and oxygen atoms in total. The Balaban J connectivity index is 1.88. The summed E-state index contributed by atoms with van der Waals surface area (Å²) < 4.78 is 5.28. The molecule has 1 amide bonds. The zero-order valence-electron chi connectivity index (χ0n) is 11.6. The molecule has 20 heavy (non-hydrogen) atoms. The molecule has 0 unspecified atom stereocenters. The standard InChI is InChI=1S/C14H18N4O2/c1-3-6-15-12-5-4-11(8-16-12)14(19)18-9-13-17-7-10(2)20-13/h4-5,7-8H,3,6,9H2,1-2H3,(H,15,16)(H,18,19). The number of rotatable bonds is 6. The summed E-state index contributed by atoms with van der Waals surface area (Å²) in [6, 6.07) is 3.53. The van der Waals surface area contributed by atoms with Gasteiger partial charge in [-0.2, -0.15) is 0 Å². The van der Waals surface area contributed by atoms with E-state index in [0.29, 0.717) is 11.5 Å². The maximum Gasteiger partial charge on any atom is 0.253 e. The quantitative estimate of drug-likeness (QED) is 0.843. The monoisotopic (exact) mass is 274 g/mol. The fourth-order valence-electron chi connectivity index (χ4n) is 1.63. The maximum absolute atomic E-state index is 11.9. The van der Waals surface area contributed by atoms with Crippen LogP contribution in [0.25, 0.3) is 0 Å². The lowest BCUT2D eigenvalue weighted by molar-refractivity contribution is 0.0947. The molecule has 2 rings (SSSR count).